The zero-order chi connectivity index (χ0) is 21.4. The summed E-state index contributed by atoms with van der Waals surface area (Å²) >= 11 is 0. The monoisotopic (exact) mass is 415 g/mol. The summed E-state index contributed by atoms with van der Waals surface area (Å²) in [5.74, 6) is -3.47. The molecule has 1 fully saturated rings. The topological polar surface area (TPSA) is 116 Å². The molecule has 154 valence electrons. The summed E-state index contributed by atoms with van der Waals surface area (Å²) in [4.78, 5) is 18.3. The first-order valence-corrected chi connectivity index (χ1v) is 8.98. The van der Waals surface area contributed by atoms with Crippen LogP contribution in [0.25, 0.3) is 22.2 Å². The average Bonchev–Trinajstić information content (AvgIpc) is 3.29. The quantitative estimate of drug-likeness (QED) is 0.389. The number of rotatable bonds is 3. The van der Waals surface area contributed by atoms with Crippen LogP contribution >= 0.6 is 0 Å². The van der Waals surface area contributed by atoms with Crippen molar-refractivity contribution in [1.82, 2.24) is 10.3 Å². The third kappa shape index (κ3) is 3.47. The number of aromatic amines is 1. The van der Waals surface area contributed by atoms with Crippen LogP contribution < -0.4 is 11.1 Å². The molecular formula is C20H16F3N5O2. The van der Waals surface area contributed by atoms with Crippen molar-refractivity contribution >= 4 is 28.7 Å². The maximum Gasteiger partial charge on any atom is 0.289 e. The molecule has 1 unspecified atom stereocenters. The number of benzene rings is 2. The molecule has 1 aliphatic heterocycles. The van der Waals surface area contributed by atoms with Gasteiger partial charge in [0, 0.05) is 11.9 Å². The van der Waals surface area contributed by atoms with E-state index in [0.717, 1.165) is 6.07 Å². The number of amides is 1. The first-order chi connectivity index (χ1) is 14.3. The molecule has 0 saturated carbocycles. The molecule has 7 nitrogen and oxygen atoms in total. The second-order valence-electron chi connectivity index (χ2n) is 6.66. The van der Waals surface area contributed by atoms with Gasteiger partial charge in [-0.2, -0.15) is 0 Å². The highest BCUT2D eigenvalue weighted by Gasteiger charge is 2.26. The van der Waals surface area contributed by atoms with Crippen molar-refractivity contribution in [2.45, 2.75) is 12.5 Å². The second-order valence-corrected chi connectivity index (χ2v) is 6.66. The number of aromatic nitrogens is 1. The highest BCUT2D eigenvalue weighted by atomic mass is 19.2. The van der Waals surface area contributed by atoms with E-state index in [1.54, 1.807) is 0 Å². The number of nitrogens with one attached hydrogen (secondary N) is 3. The molecule has 0 spiro atoms. The zero-order valence-corrected chi connectivity index (χ0v) is 15.4. The van der Waals surface area contributed by atoms with E-state index in [1.807, 2.05) is 0 Å². The van der Waals surface area contributed by atoms with Gasteiger partial charge in [-0.1, -0.05) is 0 Å². The van der Waals surface area contributed by atoms with E-state index in [9.17, 15) is 18.0 Å². The predicted molar refractivity (Wildman–Crippen MR) is 105 cm³/mol. The number of nitrogens with two attached hydrogens (primary N) is 1. The predicted octanol–water partition coefficient (Wildman–Crippen LogP) is 2.80. The maximum atomic E-state index is 14.3. The molecule has 1 atom stereocenters. The summed E-state index contributed by atoms with van der Waals surface area (Å²) in [5.41, 5.74) is 6.28. The molecule has 0 aliphatic carbocycles. The molecule has 0 bridgehead atoms. The zero-order valence-electron chi connectivity index (χ0n) is 15.4. The third-order valence-corrected chi connectivity index (χ3v) is 4.73. The number of hydrogen-bond donors (Lipinski definition) is 4. The fraction of sp³-hybridized carbons (Fsp3) is 0.150. The molecule has 5 N–H and O–H groups in total. The minimum atomic E-state index is -1.13. The summed E-state index contributed by atoms with van der Waals surface area (Å²) < 4.78 is 46.7. The molecule has 3 aromatic rings. The Kier molecular flexibility index (Phi) is 4.90. The van der Waals surface area contributed by atoms with Crippen LogP contribution in [0.1, 0.15) is 12.0 Å². The molecule has 1 saturated heterocycles. The third-order valence-electron chi connectivity index (χ3n) is 4.73. The molecule has 1 aliphatic rings. The number of hydrogen-bond acceptors (Lipinski definition) is 4. The number of ether oxygens (including phenoxy) is 1. The van der Waals surface area contributed by atoms with Crippen molar-refractivity contribution in [2.75, 3.05) is 6.54 Å². The van der Waals surface area contributed by atoms with Crippen molar-refractivity contribution in [3.63, 3.8) is 0 Å². The Morgan fingerprint density at radius 2 is 1.90 bits per heavy atom. The standard InChI is InChI=1S/C20H16F3N5O2/c21-10-3-1-9(2-4-10)16-14(11-5-6-12(22)15(23)17(11)28-16)18(24)30-20(25)27-13-7-8-26-19(13)29/h1-6,13,24,28H,7-8H2,(H2,25,27)(H,26,29). The van der Waals surface area contributed by atoms with Crippen LogP contribution in [0, 0.1) is 22.9 Å². The van der Waals surface area contributed by atoms with Crippen molar-refractivity contribution in [3.8, 4) is 11.3 Å². The SMILES string of the molecule is N=C(OC(N)=NC1CCNC1=O)c1c(-c2ccc(F)cc2)[nH]c2c(F)c(F)ccc12. The number of H-pyrrole nitrogens is 1. The minimum absolute atomic E-state index is 0.0875. The van der Waals surface area contributed by atoms with Crippen LogP contribution in [0.2, 0.25) is 0 Å². The van der Waals surface area contributed by atoms with Gasteiger partial charge >= 0.3 is 0 Å². The van der Waals surface area contributed by atoms with Gasteiger partial charge in [0.1, 0.15) is 11.9 Å². The van der Waals surface area contributed by atoms with Gasteiger partial charge in [-0.05, 0) is 48.4 Å². The van der Waals surface area contributed by atoms with Crippen LogP contribution in [-0.2, 0) is 9.53 Å². The van der Waals surface area contributed by atoms with Crippen molar-refractivity contribution in [3.05, 3.63) is 59.4 Å². The number of amidine groups is 1. The van der Waals surface area contributed by atoms with Gasteiger partial charge in [0.05, 0.1) is 16.8 Å². The highest BCUT2D eigenvalue weighted by molar-refractivity contribution is 6.13. The smallest absolute Gasteiger partial charge is 0.289 e. The van der Waals surface area contributed by atoms with Crippen molar-refractivity contribution < 1.29 is 22.7 Å². The summed E-state index contributed by atoms with van der Waals surface area (Å²) in [6.45, 7) is 0.458. The number of aliphatic imine (C=N–C) groups is 1. The van der Waals surface area contributed by atoms with E-state index < -0.39 is 35.4 Å². The maximum absolute atomic E-state index is 14.3. The molecule has 2 aromatic carbocycles. The summed E-state index contributed by atoms with van der Waals surface area (Å²) in [7, 11) is 0. The van der Waals surface area contributed by atoms with E-state index in [1.165, 1.54) is 30.3 Å². The number of carbonyl (C=O) groups excluding carboxylic acids is 1. The van der Waals surface area contributed by atoms with Crippen LogP contribution in [0.15, 0.2) is 41.4 Å². The average molecular weight is 415 g/mol. The molecular weight excluding hydrogens is 399 g/mol. The Morgan fingerprint density at radius 3 is 2.57 bits per heavy atom. The molecule has 1 amide bonds. The minimum Gasteiger partial charge on any atom is -0.407 e. The van der Waals surface area contributed by atoms with Gasteiger partial charge < -0.3 is 20.8 Å². The van der Waals surface area contributed by atoms with Crippen LogP contribution in [0.3, 0.4) is 0 Å². The van der Waals surface area contributed by atoms with E-state index in [0.29, 0.717) is 18.5 Å². The Bertz CT molecular complexity index is 1190. The van der Waals surface area contributed by atoms with Gasteiger partial charge in [-0.3, -0.25) is 10.2 Å². The van der Waals surface area contributed by atoms with Crippen LogP contribution in [0.4, 0.5) is 13.2 Å². The van der Waals surface area contributed by atoms with Gasteiger partial charge in [-0.15, -0.1) is 0 Å². The van der Waals surface area contributed by atoms with E-state index in [2.05, 4.69) is 15.3 Å². The van der Waals surface area contributed by atoms with Crippen LogP contribution in [0.5, 0.6) is 0 Å². The number of fused-ring (bicyclic) bond motifs is 1. The Hall–Kier alpha value is -3.82. The Labute approximate surface area is 168 Å². The Morgan fingerprint density at radius 1 is 1.17 bits per heavy atom. The lowest BCUT2D eigenvalue weighted by atomic mass is 10.0. The fourth-order valence-electron chi connectivity index (χ4n) is 3.31. The van der Waals surface area contributed by atoms with Gasteiger partial charge in [0.25, 0.3) is 6.02 Å². The molecule has 0 radical (unpaired) electrons. The lowest BCUT2D eigenvalue weighted by Gasteiger charge is -2.09. The summed E-state index contributed by atoms with van der Waals surface area (Å²) in [6.07, 6.45) is 0.439. The van der Waals surface area contributed by atoms with Crippen LogP contribution in [-0.4, -0.2) is 35.4 Å². The summed E-state index contributed by atoms with van der Waals surface area (Å²) in [5, 5.41) is 11.1. The van der Waals surface area contributed by atoms with E-state index in [-0.39, 0.29) is 28.1 Å². The van der Waals surface area contributed by atoms with Crippen molar-refractivity contribution in [1.29, 1.82) is 5.41 Å². The first kappa shape index (κ1) is 19.5. The number of carbonyl (C=O) groups is 1. The molecule has 10 heteroatoms. The highest BCUT2D eigenvalue weighted by Crippen LogP contribution is 2.33. The van der Waals surface area contributed by atoms with E-state index in [4.69, 9.17) is 15.9 Å². The second kappa shape index (κ2) is 7.54. The van der Waals surface area contributed by atoms with Gasteiger partial charge in [-0.25, -0.2) is 18.2 Å². The lowest BCUT2D eigenvalue weighted by Crippen LogP contribution is -2.27. The Balaban J connectivity index is 1.78. The normalized spacial score (nSPS) is 16.7. The lowest BCUT2D eigenvalue weighted by molar-refractivity contribution is -0.120. The number of nitrogens with zero attached hydrogens (tertiary/aromatic N) is 1. The molecule has 4 rings (SSSR count). The molecule has 1 aromatic heterocycles. The first-order valence-electron chi connectivity index (χ1n) is 8.98. The fourth-order valence-corrected chi connectivity index (χ4v) is 3.31. The number of halogens is 3. The van der Waals surface area contributed by atoms with Crippen molar-refractivity contribution in [2.24, 2.45) is 10.7 Å². The largest absolute Gasteiger partial charge is 0.407 e. The van der Waals surface area contributed by atoms with E-state index >= 15 is 0 Å². The molecule has 30 heavy (non-hydrogen) atoms. The van der Waals surface area contributed by atoms with Gasteiger partial charge in [0.15, 0.2) is 11.6 Å². The van der Waals surface area contributed by atoms with Gasteiger partial charge in [0.2, 0.25) is 11.8 Å². The molecule has 2 heterocycles. The summed E-state index contributed by atoms with van der Waals surface area (Å²) in [6, 6.07) is 6.32.